The Kier molecular flexibility index (Phi) is 8.36. The molecule has 1 fully saturated rings. The molecule has 2 heterocycles. The minimum Gasteiger partial charge on any atom is -0.482 e. The molecule has 1 saturated heterocycles. The smallest absolute Gasteiger partial charge is 0.344 e. The van der Waals surface area contributed by atoms with Crippen molar-refractivity contribution in [1.29, 1.82) is 0 Å². The fraction of sp³-hybridized carbons (Fsp3) is 0.478. The number of likely N-dealkylation sites (tertiary alicyclic amines) is 1. The molecule has 1 aromatic carbocycles. The maximum Gasteiger partial charge on any atom is 0.344 e. The number of carbonyl (C=O) groups is 2. The first kappa shape index (κ1) is 25.0. The van der Waals surface area contributed by atoms with Crippen molar-refractivity contribution in [2.75, 3.05) is 24.5 Å². The number of sulfonamides is 1. The van der Waals surface area contributed by atoms with Crippen molar-refractivity contribution in [3.8, 4) is 5.75 Å². The number of nitrogens with zero attached hydrogens (tertiary/aromatic N) is 2. The van der Waals surface area contributed by atoms with Gasteiger partial charge in [0.25, 0.3) is 15.9 Å². The highest BCUT2D eigenvalue weighted by Gasteiger charge is 2.30. The first-order valence-electron chi connectivity index (χ1n) is 11.0. The molecule has 8 nitrogen and oxygen atoms in total. The third kappa shape index (κ3) is 6.05. The standard InChI is InChI=1S/C23H30N2O6S2/c1-4-18-8-5-6-14-25(18)23(27)17(2)31-21(26)16-30-20-12-10-19(11-13-20)24(3)33(28,29)22-9-7-15-32-22/h7,9-13,15,17-18H,4-6,8,14,16H2,1-3H3. The number of piperidine rings is 1. The highest BCUT2D eigenvalue weighted by atomic mass is 32.2. The molecule has 0 N–H and O–H groups in total. The summed E-state index contributed by atoms with van der Waals surface area (Å²) in [6.07, 6.45) is 3.07. The first-order chi connectivity index (χ1) is 15.7. The van der Waals surface area contributed by atoms with Gasteiger partial charge in [0.1, 0.15) is 9.96 Å². The number of thiophene rings is 1. The van der Waals surface area contributed by atoms with Crippen LogP contribution in [0.4, 0.5) is 5.69 Å². The summed E-state index contributed by atoms with van der Waals surface area (Å²) >= 11 is 1.15. The van der Waals surface area contributed by atoms with E-state index in [1.165, 1.54) is 11.4 Å². The van der Waals surface area contributed by atoms with Crippen molar-refractivity contribution in [2.45, 2.75) is 55.9 Å². The van der Waals surface area contributed by atoms with Crippen LogP contribution in [-0.4, -0.2) is 57.5 Å². The number of esters is 1. The van der Waals surface area contributed by atoms with Crippen molar-refractivity contribution in [1.82, 2.24) is 4.90 Å². The number of benzene rings is 1. The van der Waals surface area contributed by atoms with E-state index in [-0.39, 0.29) is 22.8 Å². The molecular formula is C23H30N2O6S2. The summed E-state index contributed by atoms with van der Waals surface area (Å²) in [5.74, 6) is -0.421. The van der Waals surface area contributed by atoms with Crippen molar-refractivity contribution < 1.29 is 27.5 Å². The normalized spacial score (nSPS) is 17.3. The molecule has 0 radical (unpaired) electrons. The molecule has 2 unspecified atom stereocenters. The summed E-state index contributed by atoms with van der Waals surface area (Å²) in [5, 5.41) is 1.71. The molecule has 0 spiro atoms. The second-order valence-corrected chi connectivity index (χ2v) is 11.1. The second-order valence-electron chi connectivity index (χ2n) is 7.91. The van der Waals surface area contributed by atoms with E-state index in [4.69, 9.17) is 9.47 Å². The van der Waals surface area contributed by atoms with Gasteiger partial charge in [0, 0.05) is 19.6 Å². The summed E-state index contributed by atoms with van der Waals surface area (Å²) in [6, 6.07) is 9.79. The van der Waals surface area contributed by atoms with Crippen LogP contribution in [-0.2, 0) is 24.3 Å². The molecule has 2 atom stereocenters. The second kappa shape index (κ2) is 11.0. The molecule has 10 heteroatoms. The van der Waals surface area contributed by atoms with E-state index >= 15 is 0 Å². The number of carbonyl (C=O) groups excluding carboxylic acids is 2. The number of anilines is 1. The Balaban J connectivity index is 1.51. The van der Waals surface area contributed by atoms with Gasteiger partial charge < -0.3 is 14.4 Å². The third-order valence-corrected chi connectivity index (χ3v) is 8.86. The molecule has 1 aliphatic heterocycles. The SMILES string of the molecule is CCC1CCCCN1C(=O)C(C)OC(=O)COc1ccc(N(C)S(=O)(=O)c2cccs2)cc1. The van der Waals surface area contributed by atoms with Gasteiger partial charge in [-0.1, -0.05) is 13.0 Å². The summed E-state index contributed by atoms with van der Waals surface area (Å²) in [4.78, 5) is 26.7. The molecule has 1 aromatic heterocycles. The molecule has 0 aliphatic carbocycles. The van der Waals surface area contributed by atoms with Crippen LogP contribution in [0.5, 0.6) is 5.75 Å². The van der Waals surface area contributed by atoms with Crippen LogP contribution in [0, 0.1) is 0 Å². The highest BCUT2D eigenvalue weighted by molar-refractivity contribution is 7.94. The van der Waals surface area contributed by atoms with Crippen LogP contribution in [0.25, 0.3) is 0 Å². The van der Waals surface area contributed by atoms with Gasteiger partial charge in [-0.15, -0.1) is 11.3 Å². The van der Waals surface area contributed by atoms with Crippen LogP contribution >= 0.6 is 11.3 Å². The topological polar surface area (TPSA) is 93.2 Å². The van der Waals surface area contributed by atoms with Crippen molar-refractivity contribution in [3.05, 3.63) is 41.8 Å². The van der Waals surface area contributed by atoms with Crippen molar-refractivity contribution >= 4 is 38.9 Å². The number of amides is 1. The maximum absolute atomic E-state index is 12.7. The van der Waals surface area contributed by atoms with Gasteiger partial charge in [-0.05, 0) is 68.3 Å². The summed E-state index contributed by atoms with van der Waals surface area (Å²) in [7, 11) is -2.15. The van der Waals surface area contributed by atoms with Gasteiger partial charge in [0.15, 0.2) is 12.7 Å². The third-order valence-electron chi connectivity index (χ3n) is 5.70. The number of ether oxygens (including phenoxy) is 2. The number of hydrogen-bond acceptors (Lipinski definition) is 7. The quantitative estimate of drug-likeness (QED) is 0.494. The maximum atomic E-state index is 12.7. The molecular weight excluding hydrogens is 464 g/mol. The van der Waals surface area contributed by atoms with Gasteiger partial charge in [0.2, 0.25) is 0 Å². The van der Waals surface area contributed by atoms with Gasteiger partial charge in [-0.25, -0.2) is 13.2 Å². The molecule has 33 heavy (non-hydrogen) atoms. The monoisotopic (exact) mass is 494 g/mol. The van der Waals surface area contributed by atoms with Crippen LogP contribution in [0.3, 0.4) is 0 Å². The lowest BCUT2D eigenvalue weighted by Crippen LogP contribution is -2.48. The highest BCUT2D eigenvalue weighted by Crippen LogP contribution is 2.26. The molecule has 3 rings (SSSR count). The van der Waals surface area contributed by atoms with Crippen LogP contribution in [0.15, 0.2) is 46.0 Å². The Morgan fingerprint density at radius 2 is 1.94 bits per heavy atom. The van der Waals surface area contributed by atoms with Crippen LogP contribution in [0.1, 0.15) is 39.5 Å². The summed E-state index contributed by atoms with van der Waals surface area (Å²) < 4.78 is 37.4. The average molecular weight is 495 g/mol. The number of hydrogen-bond donors (Lipinski definition) is 0. The first-order valence-corrected chi connectivity index (χ1v) is 13.3. The number of rotatable bonds is 9. The zero-order valence-electron chi connectivity index (χ0n) is 19.1. The van der Waals surface area contributed by atoms with E-state index in [0.717, 1.165) is 37.0 Å². The minimum absolute atomic E-state index is 0.172. The Labute approximate surface area is 199 Å². The lowest BCUT2D eigenvalue weighted by atomic mass is 9.99. The average Bonchev–Trinajstić information content (AvgIpc) is 3.38. The predicted octanol–water partition coefficient (Wildman–Crippen LogP) is 3.67. The van der Waals surface area contributed by atoms with E-state index in [9.17, 15) is 18.0 Å². The zero-order chi connectivity index (χ0) is 24.0. The van der Waals surface area contributed by atoms with Crippen LogP contribution in [0.2, 0.25) is 0 Å². The van der Waals surface area contributed by atoms with E-state index in [1.807, 2.05) is 4.90 Å². The molecule has 0 saturated carbocycles. The Hall–Kier alpha value is -2.59. The van der Waals surface area contributed by atoms with Gasteiger partial charge in [0.05, 0.1) is 5.69 Å². The van der Waals surface area contributed by atoms with Gasteiger partial charge in [-0.2, -0.15) is 0 Å². The van der Waals surface area contributed by atoms with Gasteiger partial charge in [-0.3, -0.25) is 9.10 Å². The van der Waals surface area contributed by atoms with E-state index in [2.05, 4.69) is 6.92 Å². The fourth-order valence-electron chi connectivity index (χ4n) is 3.81. The Bertz CT molecular complexity index is 1040. The molecule has 2 aromatic rings. The predicted molar refractivity (Wildman–Crippen MR) is 127 cm³/mol. The largest absolute Gasteiger partial charge is 0.482 e. The van der Waals surface area contributed by atoms with E-state index < -0.39 is 22.1 Å². The minimum atomic E-state index is -3.62. The molecule has 180 valence electrons. The molecule has 1 aliphatic rings. The van der Waals surface area contributed by atoms with E-state index in [1.54, 1.807) is 48.7 Å². The van der Waals surface area contributed by atoms with Crippen molar-refractivity contribution in [3.63, 3.8) is 0 Å². The van der Waals surface area contributed by atoms with E-state index in [0.29, 0.717) is 18.0 Å². The van der Waals surface area contributed by atoms with Crippen LogP contribution < -0.4 is 9.04 Å². The lowest BCUT2D eigenvalue weighted by molar-refractivity contribution is -0.162. The van der Waals surface area contributed by atoms with Gasteiger partial charge >= 0.3 is 5.97 Å². The molecule has 0 bridgehead atoms. The summed E-state index contributed by atoms with van der Waals surface area (Å²) in [6.45, 7) is 3.98. The van der Waals surface area contributed by atoms with Crippen molar-refractivity contribution in [2.24, 2.45) is 0 Å². The Morgan fingerprint density at radius 1 is 1.21 bits per heavy atom. The fourth-order valence-corrected chi connectivity index (χ4v) is 6.17. The zero-order valence-corrected chi connectivity index (χ0v) is 20.7. The lowest BCUT2D eigenvalue weighted by Gasteiger charge is -2.36. The Morgan fingerprint density at radius 3 is 2.58 bits per heavy atom. The summed E-state index contributed by atoms with van der Waals surface area (Å²) in [5.41, 5.74) is 0.463. The molecule has 1 amide bonds.